The Hall–Kier alpha value is -2.61. The number of aromatic nitrogens is 1. The summed E-state index contributed by atoms with van der Waals surface area (Å²) >= 11 is 0. The largest absolute Gasteiger partial charge is 0.397 e. The van der Waals surface area contributed by atoms with Gasteiger partial charge in [-0.15, -0.1) is 0 Å². The molecule has 0 aliphatic carbocycles. The lowest BCUT2D eigenvalue weighted by molar-refractivity contribution is 0.628. The van der Waals surface area contributed by atoms with Gasteiger partial charge in [-0.05, 0) is 30.2 Å². The summed E-state index contributed by atoms with van der Waals surface area (Å²) in [6.07, 6.45) is 2.32. The minimum Gasteiger partial charge on any atom is -0.397 e. The maximum atomic E-state index is 13.4. The van der Waals surface area contributed by atoms with Crippen molar-refractivity contribution in [1.29, 1.82) is 5.26 Å². The van der Waals surface area contributed by atoms with Crippen LogP contribution in [0.3, 0.4) is 0 Å². The van der Waals surface area contributed by atoms with E-state index < -0.39 is 0 Å². The van der Waals surface area contributed by atoms with Crippen molar-refractivity contribution in [2.75, 3.05) is 17.2 Å². The van der Waals surface area contributed by atoms with Gasteiger partial charge in [0.25, 0.3) is 0 Å². The number of pyridine rings is 1. The monoisotopic (exact) mass is 254 g/mol. The summed E-state index contributed by atoms with van der Waals surface area (Å²) in [5, 5.41) is 9.16. The Balaban J connectivity index is 2.12. The fraction of sp³-hybridized carbons (Fsp3) is 0.143. The van der Waals surface area contributed by atoms with Crippen LogP contribution in [0.25, 0.3) is 0 Å². The van der Waals surface area contributed by atoms with Crippen LogP contribution in [0.1, 0.15) is 11.1 Å². The molecular formula is C14H11FN4. The highest BCUT2D eigenvalue weighted by Crippen LogP contribution is 2.35. The van der Waals surface area contributed by atoms with Gasteiger partial charge in [0.1, 0.15) is 11.9 Å². The van der Waals surface area contributed by atoms with Gasteiger partial charge < -0.3 is 10.6 Å². The Bertz CT molecular complexity index is 690. The molecule has 19 heavy (non-hydrogen) atoms. The van der Waals surface area contributed by atoms with Gasteiger partial charge >= 0.3 is 0 Å². The van der Waals surface area contributed by atoms with Gasteiger partial charge in [0.05, 0.1) is 17.4 Å². The van der Waals surface area contributed by atoms with Gasteiger partial charge in [-0.25, -0.2) is 9.37 Å². The number of nitriles is 1. The second-order valence-corrected chi connectivity index (χ2v) is 4.43. The van der Waals surface area contributed by atoms with Crippen LogP contribution < -0.4 is 10.6 Å². The van der Waals surface area contributed by atoms with Crippen LogP contribution in [0.4, 0.5) is 21.6 Å². The predicted octanol–water partition coefficient (Wildman–Crippen LogP) is 2.37. The zero-order chi connectivity index (χ0) is 13.4. The zero-order valence-electron chi connectivity index (χ0n) is 10.1. The summed E-state index contributed by atoms with van der Waals surface area (Å²) in [6.45, 7) is 0.685. The van der Waals surface area contributed by atoms with E-state index in [9.17, 15) is 4.39 Å². The van der Waals surface area contributed by atoms with Crippen LogP contribution >= 0.6 is 0 Å². The number of fused-ring (bicyclic) bond motifs is 1. The summed E-state index contributed by atoms with van der Waals surface area (Å²) in [7, 11) is 0. The molecule has 0 radical (unpaired) electrons. The third kappa shape index (κ3) is 1.87. The van der Waals surface area contributed by atoms with Crippen LogP contribution in [-0.4, -0.2) is 11.5 Å². The average molecular weight is 254 g/mol. The summed E-state index contributed by atoms with van der Waals surface area (Å²) in [5.74, 6) is 0.237. The van der Waals surface area contributed by atoms with Crippen molar-refractivity contribution in [2.45, 2.75) is 6.42 Å². The van der Waals surface area contributed by atoms with E-state index >= 15 is 0 Å². The highest BCUT2D eigenvalue weighted by molar-refractivity contribution is 5.72. The number of hydrogen-bond donors (Lipinski definition) is 1. The molecule has 2 heterocycles. The summed E-state index contributed by atoms with van der Waals surface area (Å²) in [5.41, 5.74) is 8.30. The molecule has 0 bridgehead atoms. The first-order valence-corrected chi connectivity index (χ1v) is 5.90. The van der Waals surface area contributed by atoms with Crippen molar-refractivity contribution >= 4 is 17.2 Å². The predicted molar refractivity (Wildman–Crippen MR) is 70.5 cm³/mol. The van der Waals surface area contributed by atoms with Crippen molar-refractivity contribution in [3.8, 4) is 6.07 Å². The number of nitrogen functional groups attached to an aromatic ring is 1. The van der Waals surface area contributed by atoms with Gasteiger partial charge in [0.15, 0.2) is 5.82 Å². The Morgan fingerprint density at radius 2 is 2.21 bits per heavy atom. The van der Waals surface area contributed by atoms with Crippen LogP contribution in [0.2, 0.25) is 0 Å². The van der Waals surface area contributed by atoms with Crippen LogP contribution in [-0.2, 0) is 6.42 Å². The van der Waals surface area contributed by atoms with E-state index in [1.54, 1.807) is 12.1 Å². The summed E-state index contributed by atoms with van der Waals surface area (Å²) < 4.78 is 13.4. The Morgan fingerprint density at radius 3 is 3.00 bits per heavy atom. The van der Waals surface area contributed by atoms with E-state index in [-0.39, 0.29) is 5.82 Å². The molecule has 0 saturated heterocycles. The van der Waals surface area contributed by atoms with Gasteiger partial charge in [0, 0.05) is 12.2 Å². The number of nitrogens with zero attached hydrogens (tertiary/aromatic N) is 3. The zero-order valence-corrected chi connectivity index (χ0v) is 10.1. The molecule has 0 amide bonds. The molecule has 0 spiro atoms. The number of rotatable bonds is 1. The van der Waals surface area contributed by atoms with Crippen LogP contribution in [0, 0.1) is 17.1 Å². The highest BCUT2D eigenvalue weighted by Gasteiger charge is 2.24. The number of hydrogen-bond acceptors (Lipinski definition) is 4. The third-order valence-electron chi connectivity index (χ3n) is 3.21. The smallest absolute Gasteiger partial charge is 0.151 e. The Labute approximate surface area is 109 Å². The topological polar surface area (TPSA) is 65.9 Å². The highest BCUT2D eigenvalue weighted by atomic mass is 19.1. The second-order valence-electron chi connectivity index (χ2n) is 4.43. The van der Waals surface area contributed by atoms with Crippen molar-refractivity contribution in [3.05, 3.63) is 47.4 Å². The van der Waals surface area contributed by atoms with E-state index in [2.05, 4.69) is 11.1 Å². The Morgan fingerprint density at radius 1 is 1.37 bits per heavy atom. The molecule has 1 aliphatic heterocycles. The first-order valence-electron chi connectivity index (χ1n) is 5.90. The van der Waals surface area contributed by atoms with Crippen molar-refractivity contribution < 1.29 is 4.39 Å². The molecule has 1 aliphatic rings. The van der Waals surface area contributed by atoms with Crippen LogP contribution in [0.15, 0.2) is 30.5 Å². The lowest BCUT2D eigenvalue weighted by Crippen LogP contribution is -2.16. The SMILES string of the molecule is N#Cc1cc(N)cnc1N1CCc2ccc(F)cc21. The minimum atomic E-state index is -0.292. The molecule has 2 N–H and O–H groups in total. The van der Waals surface area contributed by atoms with Gasteiger partial charge in [-0.2, -0.15) is 5.26 Å². The van der Waals surface area contributed by atoms with Gasteiger partial charge in [-0.3, -0.25) is 0 Å². The average Bonchev–Trinajstić information content (AvgIpc) is 2.81. The lowest BCUT2D eigenvalue weighted by Gasteiger charge is -2.19. The third-order valence-corrected chi connectivity index (χ3v) is 3.21. The minimum absolute atomic E-state index is 0.292. The maximum absolute atomic E-state index is 13.4. The van der Waals surface area contributed by atoms with E-state index in [0.717, 1.165) is 17.7 Å². The number of anilines is 3. The number of nitrogens with two attached hydrogens (primary N) is 1. The lowest BCUT2D eigenvalue weighted by atomic mass is 10.1. The molecule has 1 aromatic heterocycles. The molecule has 0 saturated carbocycles. The van der Waals surface area contributed by atoms with Crippen LogP contribution in [0.5, 0.6) is 0 Å². The Kier molecular flexibility index (Phi) is 2.57. The summed E-state index contributed by atoms with van der Waals surface area (Å²) in [6, 6.07) is 8.36. The molecule has 2 aromatic rings. The molecule has 1 aromatic carbocycles. The van der Waals surface area contributed by atoms with Crippen molar-refractivity contribution in [2.24, 2.45) is 0 Å². The van der Waals surface area contributed by atoms with E-state index in [1.807, 2.05) is 4.90 Å². The van der Waals surface area contributed by atoms with E-state index in [1.165, 1.54) is 18.3 Å². The molecule has 0 atom stereocenters. The molecule has 3 rings (SSSR count). The molecule has 94 valence electrons. The fourth-order valence-corrected chi connectivity index (χ4v) is 2.34. The second kappa shape index (κ2) is 4.25. The normalized spacial score (nSPS) is 13.2. The standard InChI is InChI=1S/C14H11FN4/c15-11-2-1-9-3-4-19(13(9)6-11)14-10(7-16)5-12(17)8-18-14/h1-2,5-6,8H,3-4,17H2. The molecular weight excluding hydrogens is 243 g/mol. The quantitative estimate of drug-likeness (QED) is 0.848. The van der Waals surface area contributed by atoms with Crippen molar-refractivity contribution in [3.63, 3.8) is 0 Å². The molecule has 0 unspecified atom stereocenters. The molecule has 4 nitrogen and oxygen atoms in total. The van der Waals surface area contributed by atoms with Gasteiger partial charge in [0.2, 0.25) is 0 Å². The van der Waals surface area contributed by atoms with E-state index in [4.69, 9.17) is 11.0 Å². The number of halogens is 1. The number of benzene rings is 1. The van der Waals surface area contributed by atoms with Gasteiger partial charge in [-0.1, -0.05) is 6.07 Å². The van der Waals surface area contributed by atoms with Crippen molar-refractivity contribution in [1.82, 2.24) is 4.98 Å². The molecule has 0 fully saturated rings. The first kappa shape index (κ1) is 11.5. The first-order chi connectivity index (χ1) is 9.19. The maximum Gasteiger partial charge on any atom is 0.151 e. The van der Waals surface area contributed by atoms with E-state index in [0.29, 0.717) is 23.6 Å². The molecule has 5 heteroatoms. The fourth-order valence-electron chi connectivity index (χ4n) is 2.34. The summed E-state index contributed by atoms with van der Waals surface area (Å²) in [4.78, 5) is 6.07.